The maximum atomic E-state index is 12.6. The molecule has 3 nitrogen and oxygen atoms in total. The van der Waals surface area contributed by atoms with Crippen LogP contribution < -0.4 is 0 Å². The van der Waals surface area contributed by atoms with Crippen molar-refractivity contribution in [1.82, 2.24) is 0 Å². The summed E-state index contributed by atoms with van der Waals surface area (Å²) in [5, 5.41) is 9.00. The molecule has 158 valence electrons. The molecule has 0 spiro atoms. The predicted octanol–water partition coefficient (Wildman–Crippen LogP) is 4.98. The number of unbranched alkanes of at least 4 members (excludes halogenated alkanes) is 1. The highest BCUT2D eigenvalue weighted by Gasteiger charge is 2.70. The zero-order valence-electron chi connectivity index (χ0n) is 15.5. The average Bonchev–Trinajstić information content (AvgIpc) is 2.53. The molecule has 1 rings (SSSR count). The van der Waals surface area contributed by atoms with E-state index in [-0.39, 0.29) is 12.7 Å². The Labute approximate surface area is 155 Å². The second-order valence-electron chi connectivity index (χ2n) is 7.47. The van der Waals surface area contributed by atoms with Crippen molar-refractivity contribution < 1.29 is 40.9 Å². The van der Waals surface area contributed by atoms with Crippen molar-refractivity contribution >= 4 is 0 Å². The average molecular weight is 404 g/mol. The fourth-order valence-electron chi connectivity index (χ4n) is 2.57. The van der Waals surface area contributed by atoms with Gasteiger partial charge in [-0.2, -0.15) is 26.3 Å². The van der Waals surface area contributed by atoms with Gasteiger partial charge in [0.2, 0.25) is 0 Å². The monoisotopic (exact) mass is 404 g/mol. The van der Waals surface area contributed by atoms with Gasteiger partial charge in [0.05, 0.1) is 0 Å². The normalized spacial score (nSPS) is 19.5. The molecule has 0 aromatic carbocycles. The Hall–Kier alpha value is -0.980. The molecule has 1 saturated heterocycles. The Kier molecular flexibility index (Phi) is 8.45. The number of hydrogen-bond donors (Lipinski definition) is 1. The summed E-state index contributed by atoms with van der Waals surface area (Å²) in [5.41, 5.74) is -5.60. The van der Waals surface area contributed by atoms with Crippen LogP contribution in [0.3, 0.4) is 0 Å². The van der Waals surface area contributed by atoms with E-state index in [9.17, 15) is 26.3 Å². The van der Waals surface area contributed by atoms with Crippen molar-refractivity contribution in [2.24, 2.45) is 5.41 Å². The van der Waals surface area contributed by atoms with Gasteiger partial charge in [0.25, 0.3) is 0 Å². The van der Waals surface area contributed by atoms with E-state index >= 15 is 0 Å². The summed E-state index contributed by atoms with van der Waals surface area (Å²) >= 11 is 0. The Balaban J connectivity index is 2.45. The molecule has 0 aromatic rings. The van der Waals surface area contributed by atoms with Crippen LogP contribution in [-0.2, 0) is 9.47 Å². The molecule has 0 saturated carbocycles. The molecule has 1 atom stereocenters. The molecule has 1 heterocycles. The van der Waals surface area contributed by atoms with Crippen LogP contribution in [0.4, 0.5) is 26.3 Å². The van der Waals surface area contributed by atoms with Crippen LogP contribution in [0.1, 0.15) is 58.8 Å². The van der Waals surface area contributed by atoms with Crippen LogP contribution in [0.5, 0.6) is 0 Å². The van der Waals surface area contributed by atoms with Crippen molar-refractivity contribution in [3.8, 4) is 11.8 Å². The SMILES string of the molecule is CC(C)(CC#CC(O)(C(F)(F)F)C(F)(F)F)CCCCOC1CCCCO1. The van der Waals surface area contributed by atoms with Gasteiger partial charge in [0.1, 0.15) is 0 Å². The summed E-state index contributed by atoms with van der Waals surface area (Å²) in [5.74, 6) is 2.87. The molecule has 0 aromatic heterocycles. The molecule has 1 N–H and O–H groups in total. The van der Waals surface area contributed by atoms with Gasteiger partial charge in [0.15, 0.2) is 6.29 Å². The van der Waals surface area contributed by atoms with Gasteiger partial charge < -0.3 is 14.6 Å². The number of halogens is 6. The Morgan fingerprint density at radius 2 is 1.67 bits per heavy atom. The fourth-order valence-corrected chi connectivity index (χ4v) is 2.57. The quantitative estimate of drug-likeness (QED) is 0.370. The van der Waals surface area contributed by atoms with Gasteiger partial charge in [-0.05, 0) is 43.4 Å². The Bertz CT molecular complexity index is 496. The molecule has 1 fully saturated rings. The van der Waals surface area contributed by atoms with Gasteiger partial charge in [-0.25, -0.2) is 0 Å². The lowest BCUT2D eigenvalue weighted by Crippen LogP contribution is -2.55. The van der Waals surface area contributed by atoms with Crippen molar-refractivity contribution in [3.05, 3.63) is 0 Å². The lowest BCUT2D eigenvalue weighted by molar-refractivity contribution is -0.343. The number of aliphatic hydroxyl groups is 1. The maximum Gasteiger partial charge on any atom is 0.438 e. The van der Waals surface area contributed by atoms with Gasteiger partial charge >= 0.3 is 18.0 Å². The highest BCUT2D eigenvalue weighted by atomic mass is 19.4. The highest BCUT2D eigenvalue weighted by Crippen LogP contribution is 2.42. The molecule has 0 bridgehead atoms. The smallest absolute Gasteiger partial charge is 0.363 e. The third kappa shape index (κ3) is 7.51. The molecule has 1 unspecified atom stereocenters. The first-order valence-corrected chi connectivity index (χ1v) is 8.88. The zero-order chi connectivity index (χ0) is 20.8. The van der Waals surface area contributed by atoms with E-state index in [1.54, 1.807) is 13.8 Å². The first kappa shape index (κ1) is 24.1. The highest BCUT2D eigenvalue weighted by molar-refractivity contribution is 5.21. The molecule has 0 aliphatic carbocycles. The summed E-state index contributed by atoms with van der Waals surface area (Å²) in [7, 11) is 0. The van der Waals surface area contributed by atoms with E-state index in [4.69, 9.17) is 14.6 Å². The summed E-state index contributed by atoms with van der Waals surface area (Å²) < 4.78 is 86.4. The Morgan fingerprint density at radius 3 is 2.19 bits per heavy atom. The van der Waals surface area contributed by atoms with Crippen LogP contribution in [0.15, 0.2) is 0 Å². The lowest BCUT2D eigenvalue weighted by Gasteiger charge is -2.27. The molecule has 9 heteroatoms. The molecular formula is C18H26F6O3. The van der Waals surface area contributed by atoms with E-state index in [0.29, 0.717) is 32.5 Å². The summed E-state index contributed by atoms with van der Waals surface area (Å²) in [6, 6.07) is 0. The topological polar surface area (TPSA) is 38.7 Å². The second kappa shape index (κ2) is 9.48. The minimum Gasteiger partial charge on any atom is -0.363 e. The first-order chi connectivity index (χ1) is 12.3. The van der Waals surface area contributed by atoms with E-state index < -0.39 is 23.4 Å². The Morgan fingerprint density at radius 1 is 1.04 bits per heavy atom. The molecule has 0 radical (unpaired) electrons. The number of alkyl halides is 6. The standard InChI is InChI=1S/C18H26F6O3/c1-15(2,9-4-6-13-27-14-8-3-5-12-26-14)10-7-11-16(25,17(19,20)21)18(22,23)24/h14,25H,3-6,8-10,12-13H2,1-2H3. The fraction of sp³-hybridized carbons (Fsp3) is 0.889. The minimum absolute atomic E-state index is 0.194. The van der Waals surface area contributed by atoms with Crippen molar-refractivity contribution in [2.75, 3.05) is 13.2 Å². The van der Waals surface area contributed by atoms with Gasteiger partial charge in [-0.3, -0.25) is 0 Å². The maximum absolute atomic E-state index is 12.6. The number of hydrogen-bond acceptors (Lipinski definition) is 3. The van der Waals surface area contributed by atoms with Crippen molar-refractivity contribution in [3.63, 3.8) is 0 Å². The molecular weight excluding hydrogens is 378 g/mol. The van der Waals surface area contributed by atoms with Crippen LogP contribution in [0.2, 0.25) is 0 Å². The summed E-state index contributed by atoms with van der Waals surface area (Å²) in [4.78, 5) is 0. The third-order valence-electron chi connectivity index (χ3n) is 4.35. The van der Waals surface area contributed by atoms with Crippen LogP contribution >= 0.6 is 0 Å². The first-order valence-electron chi connectivity index (χ1n) is 8.88. The van der Waals surface area contributed by atoms with Crippen LogP contribution in [0.25, 0.3) is 0 Å². The molecule has 0 amide bonds. The molecule has 1 aliphatic rings. The van der Waals surface area contributed by atoms with Gasteiger partial charge in [-0.1, -0.05) is 26.2 Å². The van der Waals surface area contributed by atoms with Gasteiger partial charge in [-0.15, -0.1) is 0 Å². The van der Waals surface area contributed by atoms with Crippen molar-refractivity contribution in [1.29, 1.82) is 0 Å². The summed E-state index contributed by atoms with van der Waals surface area (Å²) in [6.07, 6.45) is -7.37. The molecule has 27 heavy (non-hydrogen) atoms. The van der Waals surface area contributed by atoms with Gasteiger partial charge in [0, 0.05) is 19.6 Å². The van der Waals surface area contributed by atoms with E-state index in [1.165, 1.54) is 0 Å². The van der Waals surface area contributed by atoms with Crippen molar-refractivity contribution in [2.45, 2.75) is 83.0 Å². The van der Waals surface area contributed by atoms with Crippen LogP contribution in [0, 0.1) is 17.3 Å². The van der Waals surface area contributed by atoms with Crippen LogP contribution in [-0.4, -0.2) is 42.6 Å². The molecule has 1 aliphatic heterocycles. The zero-order valence-corrected chi connectivity index (χ0v) is 15.5. The number of rotatable bonds is 7. The number of ether oxygens (including phenoxy) is 2. The van der Waals surface area contributed by atoms with E-state index in [0.717, 1.165) is 25.2 Å². The predicted molar refractivity (Wildman–Crippen MR) is 86.6 cm³/mol. The lowest BCUT2D eigenvalue weighted by atomic mass is 9.84. The van der Waals surface area contributed by atoms with E-state index in [2.05, 4.69) is 0 Å². The third-order valence-corrected chi connectivity index (χ3v) is 4.35. The largest absolute Gasteiger partial charge is 0.438 e. The second-order valence-corrected chi connectivity index (χ2v) is 7.47. The van der Waals surface area contributed by atoms with E-state index in [1.807, 2.05) is 5.92 Å². The summed E-state index contributed by atoms with van der Waals surface area (Å²) in [6.45, 7) is 4.56. The minimum atomic E-state index is -5.92.